The number of Topliss-reactive ketones (excluding diaryl/α,β-unsaturated/α-hetero) is 1. The topological polar surface area (TPSA) is 55.4 Å². The van der Waals surface area contributed by atoms with Crippen molar-refractivity contribution in [2.75, 3.05) is 11.9 Å². The van der Waals surface area contributed by atoms with Crippen molar-refractivity contribution in [2.24, 2.45) is 0 Å². The molecule has 1 amide bonds. The van der Waals surface area contributed by atoms with Crippen LogP contribution in [0.25, 0.3) is 0 Å². The largest absolute Gasteiger partial charge is 0.444 e. The maximum atomic E-state index is 11.2. The maximum absolute atomic E-state index is 11.2. The lowest BCUT2D eigenvalue weighted by molar-refractivity contribution is -0.116. The van der Waals surface area contributed by atoms with Crippen LogP contribution in [0.4, 0.5) is 4.79 Å². The molecule has 1 N–H and O–H groups in total. The van der Waals surface area contributed by atoms with Crippen molar-refractivity contribution in [2.45, 2.75) is 45.6 Å². The van der Waals surface area contributed by atoms with Crippen molar-refractivity contribution in [3.63, 3.8) is 0 Å². The molecule has 94 valence electrons. The molecule has 16 heavy (non-hydrogen) atoms. The first-order valence-electron chi connectivity index (χ1n) is 5.39. The average molecular weight is 294 g/mol. The van der Waals surface area contributed by atoms with Crippen molar-refractivity contribution in [3.8, 4) is 0 Å². The molecule has 0 aliphatic heterocycles. The van der Waals surface area contributed by atoms with E-state index in [0.29, 0.717) is 18.3 Å². The maximum Gasteiger partial charge on any atom is 0.407 e. The van der Waals surface area contributed by atoms with Gasteiger partial charge < -0.3 is 10.1 Å². The summed E-state index contributed by atoms with van der Waals surface area (Å²) in [7, 11) is 0. The number of rotatable bonds is 6. The second-order valence-corrected chi connectivity index (χ2v) is 5.12. The van der Waals surface area contributed by atoms with Gasteiger partial charge in [-0.2, -0.15) is 0 Å². The SMILES string of the molecule is CC(C)(C)OC(=O)NCCCCC(=O)CBr. The van der Waals surface area contributed by atoms with Crippen molar-refractivity contribution >= 4 is 27.8 Å². The van der Waals surface area contributed by atoms with E-state index in [4.69, 9.17) is 4.74 Å². The number of carbonyl (C=O) groups excluding carboxylic acids is 2. The fourth-order valence-corrected chi connectivity index (χ4v) is 1.30. The predicted octanol–water partition coefficient (Wildman–Crippen LogP) is 2.65. The van der Waals surface area contributed by atoms with Gasteiger partial charge in [-0.05, 0) is 33.6 Å². The van der Waals surface area contributed by atoms with E-state index in [9.17, 15) is 9.59 Å². The molecule has 0 radical (unpaired) electrons. The van der Waals surface area contributed by atoms with Gasteiger partial charge in [0.05, 0.1) is 5.33 Å². The standard InChI is InChI=1S/C11H20BrNO3/c1-11(2,3)16-10(15)13-7-5-4-6-9(14)8-12/h4-8H2,1-3H3,(H,13,15). The van der Waals surface area contributed by atoms with Crippen LogP contribution in [-0.2, 0) is 9.53 Å². The normalized spacial score (nSPS) is 11.0. The number of unbranched alkanes of at least 4 members (excludes halogenated alkanes) is 1. The molecule has 5 heteroatoms. The lowest BCUT2D eigenvalue weighted by Crippen LogP contribution is -2.33. The van der Waals surface area contributed by atoms with Crippen molar-refractivity contribution in [1.29, 1.82) is 0 Å². The number of hydrogen-bond acceptors (Lipinski definition) is 3. The van der Waals surface area contributed by atoms with Crippen LogP contribution in [-0.4, -0.2) is 29.4 Å². The molecule has 0 aromatic heterocycles. The number of halogens is 1. The Morgan fingerprint density at radius 2 is 1.88 bits per heavy atom. The van der Waals surface area contributed by atoms with Gasteiger partial charge in [-0.3, -0.25) is 4.79 Å². The lowest BCUT2D eigenvalue weighted by Gasteiger charge is -2.19. The van der Waals surface area contributed by atoms with E-state index in [-0.39, 0.29) is 5.78 Å². The summed E-state index contributed by atoms with van der Waals surface area (Å²) < 4.78 is 5.06. The quantitative estimate of drug-likeness (QED) is 0.605. The minimum atomic E-state index is -0.462. The second-order valence-electron chi connectivity index (χ2n) is 4.56. The van der Waals surface area contributed by atoms with E-state index in [1.807, 2.05) is 20.8 Å². The summed E-state index contributed by atoms with van der Waals surface area (Å²) in [6.45, 7) is 6.01. The first-order valence-corrected chi connectivity index (χ1v) is 6.52. The molecule has 0 saturated heterocycles. The number of ketones is 1. The molecule has 0 fully saturated rings. The zero-order chi connectivity index (χ0) is 12.6. The van der Waals surface area contributed by atoms with Crippen LogP contribution in [0.2, 0.25) is 0 Å². The second kappa shape index (κ2) is 7.65. The van der Waals surface area contributed by atoms with Crippen LogP contribution in [0.1, 0.15) is 40.0 Å². The van der Waals surface area contributed by atoms with E-state index in [2.05, 4.69) is 21.2 Å². The van der Waals surface area contributed by atoms with Crippen LogP contribution in [0.15, 0.2) is 0 Å². The van der Waals surface area contributed by atoms with Crippen LogP contribution < -0.4 is 5.32 Å². The molecule has 0 aliphatic rings. The van der Waals surface area contributed by atoms with Crippen LogP contribution >= 0.6 is 15.9 Å². The zero-order valence-electron chi connectivity index (χ0n) is 10.1. The highest BCUT2D eigenvalue weighted by Crippen LogP contribution is 2.06. The third-order valence-electron chi connectivity index (χ3n) is 1.70. The third kappa shape index (κ3) is 9.96. The molecule has 0 bridgehead atoms. The first-order chi connectivity index (χ1) is 7.35. The lowest BCUT2D eigenvalue weighted by atomic mass is 10.2. The van der Waals surface area contributed by atoms with E-state index in [0.717, 1.165) is 12.8 Å². The Kier molecular flexibility index (Phi) is 7.38. The summed E-state index contributed by atoms with van der Waals surface area (Å²) in [5.74, 6) is 0.192. The Labute approximate surface area is 105 Å². The van der Waals surface area contributed by atoms with Gasteiger partial charge in [-0.25, -0.2) is 4.79 Å². The zero-order valence-corrected chi connectivity index (χ0v) is 11.7. The Morgan fingerprint density at radius 3 is 2.38 bits per heavy atom. The highest BCUT2D eigenvalue weighted by Gasteiger charge is 2.15. The smallest absolute Gasteiger partial charge is 0.407 e. The van der Waals surface area contributed by atoms with Gasteiger partial charge in [-0.1, -0.05) is 15.9 Å². The van der Waals surface area contributed by atoms with E-state index < -0.39 is 11.7 Å². The molecule has 0 spiro atoms. The molecule has 0 aromatic rings. The van der Waals surface area contributed by atoms with Gasteiger partial charge in [0, 0.05) is 13.0 Å². The number of ether oxygens (including phenoxy) is 1. The molecule has 0 unspecified atom stereocenters. The van der Waals surface area contributed by atoms with Gasteiger partial charge in [-0.15, -0.1) is 0 Å². The minimum Gasteiger partial charge on any atom is -0.444 e. The number of nitrogens with one attached hydrogen (secondary N) is 1. The monoisotopic (exact) mass is 293 g/mol. The van der Waals surface area contributed by atoms with Crippen molar-refractivity contribution in [1.82, 2.24) is 5.32 Å². The molecule has 0 aliphatic carbocycles. The Bertz CT molecular complexity index is 236. The van der Waals surface area contributed by atoms with Gasteiger partial charge in [0.1, 0.15) is 11.4 Å². The van der Waals surface area contributed by atoms with Crippen molar-refractivity contribution in [3.05, 3.63) is 0 Å². The molecular formula is C11H20BrNO3. The molecule has 0 heterocycles. The third-order valence-corrected chi connectivity index (χ3v) is 2.33. The first kappa shape index (κ1) is 15.4. The molecular weight excluding hydrogens is 274 g/mol. The van der Waals surface area contributed by atoms with Gasteiger partial charge >= 0.3 is 6.09 Å². The molecule has 4 nitrogen and oxygen atoms in total. The number of alkyl halides is 1. The Balaban J connectivity index is 3.45. The van der Waals surface area contributed by atoms with E-state index in [1.54, 1.807) is 0 Å². The van der Waals surface area contributed by atoms with Gasteiger partial charge in [0.2, 0.25) is 0 Å². The predicted molar refractivity (Wildman–Crippen MR) is 66.9 cm³/mol. The number of alkyl carbamates (subject to hydrolysis) is 1. The summed E-state index contributed by atoms with van der Waals surface area (Å²) in [5, 5.41) is 3.06. The molecule has 0 rings (SSSR count). The Morgan fingerprint density at radius 1 is 1.25 bits per heavy atom. The van der Waals surface area contributed by atoms with Crippen LogP contribution in [0.3, 0.4) is 0 Å². The molecule has 0 aromatic carbocycles. The van der Waals surface area contributed by atoms with Crippen molar-refractivity contribution < 1.29 is 14.3 Å². The molecule has 0 atom stereocenters. The van der Waals surface area contributed by atoms with Gasteiger partial charge in [0.25, 0.3) is 0 Å². The summed E-state index contributed by atoms with van der Waals surface area (Å²) in [5.41, 5.74) is -0.462. The van der Waals surface area contributed by atoms with Gasteiger partial charge in [0.15, 0.2) is 0 Å². The van der Waals surface area contributed by atoms with Crippen LogP contribution in [0.5, 0.6) is 0 Å². The number of carbonyl (C=O) groups is 2. The highest BCUT2D eigenvalue weighted by molar-refractivity contribution is 9.09. The average Bonchev–Trinajstić information content (AvgIpc) is 2.14. The minimum absolute atomic E-state index is 0.192. The Hall–Kier alpha value is -0.580. The van der Waals surface area contributed by atoms with Crippen LogP contribution in [0, 0.1) is 0 Å². The summed E-state index contributed by atoms with van der Waals surface area (Å²) in [6, 6.07) is 0. The summed E-state index contributed by atoms with van der Waals surface area (Å²) >= 11 is 3.10. The summed E-state index contributed by atoms with van der Waals surface area (Å²) in [6.07, 6.45) is 1.73. The highest BCUT2D eigenvalue weighted by atomic mass is 79.9. The van der Waals surface area contributed by atoms with E-state index >= 15 is 0 Å². The fraction of sp³-hybridized carbons (Fsp3) is 0.818. The molecule has 0 saturated carbocycles. The number of amides is 1. The number of hydrogen-bond donors (Lipinski definition) is 1. The summed E-state index contributed by atoms with van der Waals surface area (Å²) in [4.78, 5) is 22.1. The fourth-order valence-electron chi connectivity index (χ4n) is 1.02. The van der Waals surface area contributed by atoms with E-state index in [1.165, 1.54) is 0 Å².